The van der Waals surface area contributed by atoms with E-state index in [-0.39, 0.29) is 17.9 Å². The van der Waals surface area contributed by atoms with Crippen molar-refractivity contribution in [2.24, 2.45) is 0 Å². The second-order valence-electron chi connectivity index (χ2n) is 9.85. The number of halogens is 3. The van der Waals surface area contributed by atoms with Crippen LogP contribution in [0.4, 0.5) is 5.69 Å². The van der Waals surface area contributed by atoms with E-state index in [2.05, 4.69) is 5.32 Å². The maximum Gasteiger partial charge on any atom is 0.264 e. The fraction of sp³-hybridized carbons (Fsp3) is 0.188. The molecule has 0 aliphatic rings. The monoisotopic (exact) mass is 657 g/mol. The van der Waals surface area contributed by atoms with Crippen LogP contribution in [-0.2, 0) is 32.6 Å². The van der Waals surface area contributed by atoms with Crippen molar-refractivity contribution in [1.29, 1.82) is 0 Å². The number of amides is 2. The van der Waals surface area contributed by atoms with Crippen LogP contribution in [-0.4, -0.2) is 44.8 Å². The fourth-order valence-electron chi connectivity index (χ4n) is 4.62. The summed E-state index contributed by atoms with van der Waals surface area (Å²) in [5.74, 6) is -1.05. The Balaban J connectivity index is 1.82. The van der Waals surface area contributed by atoms with Gasteiger partial charge in [-0.25, -0.2) is 8.42 Å². The van der Waals surface area contributed by atoms with Crippen LogP contribution in [0.15, 0.2) is 102 Å². The average Bonchev–Trinajstić information content (AvgIpc) is 2.99. The summed E-state index contributed by atoms with van der Waals surface area (Å²) in [5, 5.41) is 3.64. The highest BCUT2D eigenvalue weighted by Crippen LogP contribution is 2.29. The predicted molar refractivity (Wildman–Crippen MR) is 172 cm³/mol. The van der Waals surface area contributed by atoms with Crippen molar-refractivity contribution in [1.82, 2.24) is 10.2 Å². The van der Waals surface area contributed by atoms with Gasteiger partial charge in [-0.05, 0) is 66.6 Å². The van der Waals surface area contributed by atoms with Crippen LogP contribution in [0.3, 0.4) is 0 Å². The molecule has 0 bridgehead atoms. The number of likely N-dealkylation sites (N-methyl/N-ethyl adjacent to an activating group) is 1. The Morgan fingerprint density at radius 3 is 2.07 bits per heavy atom. The lowest BCUT2D eigenvalue weighted by molar-refractivity contribution is -0.139. The molecule has 0 heterocycles. The molecule has 1 atom stereocenters. The Labute approximate surface area is 267 Å². The minimum Gasteiger partial charge on any atom is -0.357 e. The van der Waals surface area contributed by atoms with E-state index >= 15 is 0 Å². The van der Waals surface area contributed by atoms with E-state index in [0.29, 0.717) is 26.3 Å². The minimum atomic E-state index is -4.24. The molecule has 1 N–H and O–H groups in total. The lowest BCUT2D eigenvalue weighted by Gasteiger charge is -2.34. The lowest BCUT2D eigenvalue weighted by atomic mass is 10.0. The zero-order valence-electron chi connectivity index (χ0n) is 23.5. The molecule has 4 aromatic rings. The number of nitrogens with zero attached hydrogens (tertiary/aromatic N) is 2. The van der Waals surface area contributed by atoms with E-state index in [1.165, 1.54) is 36.2 Å². The minimum absolute atomic E-state index is 0.0426. The first-order valence-electron chi connectivity index (χ1n) is 13.3. The first kappa shape index (κ1) is 32.4. The third-order valence-corrected chi connectivity index (χ3v) is 9.63. The van der Waals surface area contributed by atoms with Gasteiger partial charge in [0.15, 0.2) is 0 Å². The molecule has 43 heavy (non-hydrogen) atoms. The molecule has 2 amide bonds. The standard InChI is InChI=1S/C32H30Cl3N3O4S/c1-22-8-6-11-25(18-22)38(43(41,42)26-16-14-24(33)15-17-26)21-31(39)37(20-27-28(34)12-7-13-29(27)35)30(32(40)36-2)19-23-9-4-3-5-10-23/h3-18,30H,19-21H2,1-2H3,(H,36,40). The number of aryl methyl sites for hydroxylation is 1. The summed E-state index contributed by atoms with van der Waals surface area (Å²) in [7, 11) is -2.76. The van der Waals surface area contributed by atoms with E-state index in [1.54, 1.807) is 36.4 Å². The third-order valence-electron chi connectivity index (χ3n) is 6.88. The molecule has 0 spiro atoms. The van der Waals surface area contributed by atoms with Gasteiger partial charge in [-0.2, -0.15) is 0 Å². The summed E-state index contributed by atoms with van der Waals surface area (Å²) in [6, 6.07) is 25.7. The summed E-state index contributed by atoms with van der Waals surface area (Å²) < 4.78 is 29.1. The molecular formula is C32H30Cl3N3O4S. The van der Waals surface area contributed by atoms with E-state index in [1.807, 2.05) is 43.3 Å². The van der Waals surface area contributed by atoms with Gasteiger partial charge in [0.2, 0.25) is 11.8 Å². The van der Waals surface area contributed by atoms with Gasteiger partial charge in [0, 0.05) is 40.6 Å². The Morgan fingerprint density at radius 1 is 0.837 bits per heavy atom. The van der Waals surface area contributed by atoms with Gasteiger partial charge in [0.05, 0.1) is 10.6 Å². The normalized spacial score (nSPS) is 11.9. The van der Waals surface area contributed by atoms with Crippen molar-refractivity contribution in [3.63, 3.8) is 0 Å². The molecule has 1 unspecified atom stereocenters. The predicted octanol–water partition coefficient (Wildman–Crippen LogP) is 6.54. The number of carbonyl (C=O) groups is 2. The first-order valence-corrected chi connectivity index (χ1v) is 15.9. The van der Waals surface area contributed by atoms with Crippen LogP contribution < -0.4 is 9.62 Å². The zero-order chi connectivity index (χ0) is 31.1. The van der Waals surface area contributed by atoms with Crippen molar-refractivity contribution < 1.29 is 18.0 Å². The van der Waals surface area contributed by atoms with Crippen molar-refractivity contribution >= 4 is 62.3 Å². The molecule has 11 heteroatoms. The molecule has 0 radical (unpaired) electrons. The number of anilines is 1. The van der Waals surface area contributed by atoms with Crippen LogP contribution >= 0.6 is 34.8 Å². The second-order valence-corrected chi connectivity index (χ2v) is 13.0. The molecule has 7 nitrogen and oxygen atoms in total. The zero-order valence-corrected chi connectivity index (χ0v) is 26.6. The highest BCUT2D eigenvalue weighted by Gasteiger charge is 2.35. The molecule has 4 rings (SSSR count). The summed E-state index contributed by atoms with van der Waals surface area (Å²) in [6.07, 6.45) is 0.169. The molecule has 0 aliphatic carbocycles. The van der Waals surface area contributed by atoms with Gasteiger partial charge < -0.3 is 10.2 Å². The van der Waals surface area contributed by atoms with Crippen molar-refractivity contribution in [2.45, 2.75) is 30.8 Å². The molecular weight excluding hydrogens is 629 g/mol. The van der Waals surface area contributed by atoms with Gasteiger partial charge in [-0.15, -0.1) is 0 Å². The highest BCUT2D eigenvalue weighted by molar-refractivity contribution is 7.92. The quantitative estimate of drug-likeness (QED) is 0.198. The SMILES string of the molecule is CNC(=O)C(Cc1ccccc1)N(Cc1c(Cl)cccc1Cl)C(=O)CN(c1cccc(C)c1)S(=O)(=O)c1ccc(Cl)cc1. The van der Waals surface area contributed by atoms with E-state index in [0.717, 1.165) is 15.4 Å². The molecule has 0 aliphatic heterocycles. The summed E-state index contributed by atoms with van der Waals surface area (Å²) in [6.45, 7) is 1.09. The fourth-order valence-corrected chi connectivity index (χ4v) is 6.67. The summed E-state index contributed by atoms with van der Waals surface area (Å²) >= 11 is 19.0. The number of carbonyl (C=O) groups excluding carboxylic acids is 2. The largest absolute Gasteiger partial charge is 0.357 e. The Kier molecular flexibility index (Phi) is 10.7. The van der Waals surface area contributed by atoms with Crippen molar-refractivity contribution in [2.75, 3.05) is 17.9 Å². The van der Waals surface area contributed by atoms with E-state index in [9.17, 15) is 18.0 Å². The van der Waals surface area contributed by atoms with Crippen LogP contribution in [0.5, 0.6) is 0 Å². The maximum atomic E-state index is 14.4. The highest BCUT2D eigenvalue weighted by atomic mass is 35.5. The Hall–Kier alpha value is -3.56. The number of hydrogen-bond acceptors (Lipinski definition) is 4. The van der Waals surface area contributed by atoms with E-state index in [4.69, 9.17) is 34.8 Å². The second kappa shape index (κ2) is 14.3. The molecule has 4 aromatic carbocycles. The number of rotatable bonds is 11. The van der Waals surface area contributed by atoms with E-state index < -0.39 is 34.4 Å². The topological polar surface area (TPSA) is 86.8 Å². The van der Waals surface area contributed by atoms with Crippen LogP contribution in [0, 0.1) is 6.92 Å². The van der Waals surface area contributed by atoms with Gasteiger partial charge >= 0.3 is 0 Å². The van der Waals surface area contributed by atoms with Gasteiger partial charge in [0.1, 0.15) is 12.6 Å². The van der Waals surface area contributed by atoms with Gasteiger partial charge in [-0.1, -0.05) is 83.3 Å². The molecule has 0 fully saturated rings. The first-order chi connectivity index (χ1) is 20.5. The summed E-state index contributed by atoms with van der Waals surface area (Å²) in [4.78, 5) is 29.0. The smallest absolute Gasteiger partial charge is 0.264 e. The van der Waals surface area contributed by atoms with Crippen molar-refractivity contribution in [3.8, 4) is 0 Å². The lowest BCUT2D eigenvalue weighted by Crippen LogP contribution is -2.53. The number of hydrogen-bond donors (Lipinski definition) is 1. The van der Waals surface area contributed by atoms with Crippen molar-refractivity contribution in [3.05, 3.63) is 129 Å². The molecule has 0 aromatic heterocycles. The van der Waals surface area contributed by atoms with Crippen LogP contribution in [0.2, 0.25) is 15.1 Å². The van der Waals surface area contributed by atoms with Gasteiger partial charge in [0.25, 0.3) is 10.0 Å². The molecule has 0 saturated carbocycles. The molecule has 0 saturated heterocycles. The Bertz CT molecular complexity index is 1680. The third kappa shape index (κ3) is 7.89. The Morgan fingerprint density at radius 2 is 1.47 bits per heavy atom. The number of benzene rings is 4. The van der Waals surface area contributed by atoms with Crippen LogP contribution in [0.1, 0.15) is 16.7 Å². The number of nitrogens with one attached hydrogen (secondary N) is 1. The maximum absolute atomic E-state index is 14.4. The van der Waals surface area contributed by atoms with Crippen LogP contribution in [0.25, 0.3) is 0 Å². The number of sulfonamides is 1. The van der Waals surface area contributed by atoms with Gasteiger partial charge in [-0.3, -0.25) is 13.9 Å². The molecule has 224 valence electrons. The summed E-state index contributed by atoms with van der Waals surface area (Å²) in [5.41, 5.74) is 2.33. The average molecular weight is 659 g/mol.